The summed E-state index contributed by atoms with van der Waals surface area (Å²) in [7, 11) is -3.69. The summed E-state index contributed by atoms with van der Waals surface area (Å²) < 4.78 is 65.6. The van der Waals surface area contributed by atoms with Crippen molar-refractivity contribution >= 4 is 15.9 Å². The third kappa shape index (κ3) is 6.68. The Hall–Kier alpha value is -1.65. The van der Waals surface area contributed by atoms with Crippen molar-refractivity contribution in [2.24, 2.45) is 5.92 Å². The van der Waals surface area contributed by atoms with Gasteiger partial charge in [-0.1, -0.05) is 12.1 Å². The predicted octanol–water partition coefficient (Wildman–Crippen LogP) is 3.24. The third-order valence-corrected chi connectivity index (χ3v) is 7.82. The van der Waals surface area contributed by atoms with Crippen LogP contribution in [0.3, 0.4) is 0 Å². The highest BCUT2D eigenvalue weighted by Gasteiger charge is 2.33. The van der Waals surface area contributed by atoms with E-state index in [0.717, 1.165) is 38.3 Å². The Morgan fingerprint density at radius 3 is 2.09 bits per heavy atom. The molecule has 6 nitrogen and oxygen atoms in total. The van der Waals surface area contributed by atoms with Gasteiger partial charge in [-0.15, -0.1) is 0 Å². The number of hydrogen-bond acceptors (Lipinski definition) is 4. The Morgan fingerprint density at radius 1 is 1.03 bits per heavy atom. The van der Waals surface area contributed by atoms with Crippen LogP contribution >= 0.6 is 0 Å². The molecule has 0 bridgehead atoms. The lowest BCUT2D eigenvalue weighted by Gasteiger charge is -2.39. The summed E-state index contributed by atoms with van der Waals surface area (Å²) in [6.07, 6.45) is -2.02. The number of amides is 1. The van der Waals surface area contributed by atoms with Crippen LogP contribution in [-0.4, -0.2) is 62.4 Å². The van der Waals surface area contributed by atoms with E-state index in [0.29, 0.717) is 37.3 Å². The molecule has 1 N–H and O–H groups in total. The molecule has 32 heavy (non-hydrogen) atoms. The standard InChI is InChI=1S/C22H32F3N3O3S/c1-16(2)27-11-13-28(14-12-27)21(29)18-5-9-20(10-6-18)26-32(30,31)15-17-3-7-19(8-4-17)22(23,24)25/h3-4,7-8,16,18,20,26H,5-6,9-15H2,1-2H3/t18-,20-. The second-order valence-corrected chi connectivity index (χ2v) is 10.8. The fourth-order valence-corrected chi connectivity index (χ4v) is 5.94. The maximum atomic E-state index is 12.8. The predicted molar refractivity (Wildman–Crippen MR) is 116 cm³/mol. The van der Waals surface area contributed by atoms with Crippen LogP contribution in [0.5, 0.6) is 0 Å². The molecule has 1 saturated heterocycles. The molecule has 1 heterocycles. The second kappa shape index (κ2) is 10.1. The van der Waals surface area contributed by atoms with Gasteiger partial charge in [0.1, 0.15) is 0 Å². The number of carbonyl (C=O) groups excluding carboxylic acids is 1. The zero-order chi connectivity index (χ0) is 23.5. The van der Waals surface area contributed by atoms with E-state index in [1.54, 1.807) is 0 Å². The minimum absolute atomic E-state index is 0.0729. The van der Waals surface area contributed by atoms with Crippen LogP contribution in [0.25, 0.3) is 0 Å². The first kappa shape index (κ1) is 25.0. The highest BCUT2D eigenvalue weighted by Crippen LogP contribution is 2.30. The minimum Gasteiger partial charge on any atom is -0.340 e. The number of halogens is 3. The number of sulfonamides is 1. The monoisotopic (exact) mass is 475 g/mol. The van der Waals surface area contributed by atoms with Crippen LogP contribution < -0.4 is 4.72 Å². The SMILES string of the molecule is CC(C)N1CCN(C(=O)[C@H]2CC[C@H](NS(=O)(=O)Cc3ccc(C(F)(F)F)cc3)CC2)CC1. The van der Waals surface area contributed by atoms with Gasteiger partial charge in [0.15, 0.2) is 0 Å². The van der Waals surface area contributed by atoms with E-state index in [4.69, 9.17) is 0 Å². The third-order valence-electron chi connectivity index (χ3n) is 6.42. The van der Waals surface area contributed by atoms with Crippen molar-refractivity contribution in [1.29, 1.82) is 0 Å². The Bertz CT molecular complexity index is 872. The normalized spacial score (nSPS) is 23.5. The topological polar surface area (TPSA) is 69.7 Å². The summed E-state index contributed by atoms with van der Waals surface area (Å²) in [5, 5.41) is 0. The van der Waals surface area contributed by atoms with E-state index >= 15 is 0 Å². The van der Waals surface area contributed by atoms with Crippen molar-refractivity contribution in [3.05, 3.63) is 35.4 Å². The zero-order valence-corrected chi connectivity index (χ0v) is 19.4. The number of piperazine rings is 1. The Morgan fingerprint density at radius 2 is 1.59 bits per heavy atom. The van der Waals surface area contributed by atoms with Crippen molar-refractivity contribution in [2.75, 3.05) is 26.2 Å². The maximum absolute atomic E-state index is 12.8. The Labute approximate surface area is 188 Å². The quantitative estimate of drug-likeness (QED) is 0.686. The molecule has 1 aromatic carbocycles. The van der Waals surface area contributed by atoms with Gasteiger partial charge in [-0.05, 0) is 57.2 Å². The largest absolute Gasteiger partial charge is 0.416 e. The van der Waals surface area contributed by atoms with Gasteiger partial charge in [0, 0.05) is 44.2 Å². The zero-order valence-electron chi connectivity index (χ0n) is 18.6. The highest BCUT2D eigenvalue weighted by molar-refractivity contribution is 7.88. The molecule has 0 radical (unpaired) electrons. The molecule has 10 heteroatoms. The van der Waals surface area contributed by atoms with E-state index in [2.05, 4.69) is 23.5 Å². The van der Waals surface area contributed by atoms with Crippen molar-refractivity contribution < 1.29 is 26.4 Å². The molecule has 0 aromatic heterocycles. The summed E-state index contributed by atoms with van der Waals surface area (Å²) in [6.45, 7) is 7.52. The minimum atomic E-state index is -4.45. The van der Waals surface area contributed by atoms with Crippen molar-refractivity contribution in [3.8, 4) is 0 Å². The lowest BCUT2D eigenvalue weighted by Crippen LogP contribution is -2.52. The van der Waals surface area contributed by atoms with Gasteiger partial charge in [0.2, 0.25) is 15.9 Å². The molecular weight excluding hydrogens is 443 g/mol. The molecule has 180 valence electrons. The summed E-state index contributed by atoms with van der Waals surface area (Å²) in [5.74, 6) is -0.278. The number of benzene rings is 1. The smallest absolute Gasteiger partial charge is 0.340 e. The van der Waals surface area contributed by atoms with Gasteiger partial charge < -0.3 is 4.90 Å². The first-order valence-corrected chi connectivity index (χ1v) is 12.8. The average Bonchev–Trinajstić information content (AvgIpc) is 2.73. The summed E-state index contributed by atoms with van der Waals surface area (Å²) in [4.78, 5) is 17.1. The van der Waals surface area contributed by atoms with Crippen molar-refractivity contribution in [2.45, 2.75) is 63.5 Å². The Kier molecular flexibility index (Phi) is 7.88. The fourth-order valence-electron chi connectivity index (χ4n) is 4.48. The van der Waals surface area contributed by atoms with E-state index in [-0.39, 0.29) is 23.6 Å². The van der Waals surface area contributed by atoms with E-state index in [9.17, 15) is 26.4 Å². The van der Waals surface area contributed by atoms with Crippen LogP contribution in [0.15, 0.2) is 24.3 Å². The summed E-state index contributed by atoms with van der Waals surface area (Å²) >= 11 is 0. The average molecular weight is 476 g/mol. The molecule has 2 aliphatic rings. The molecule has 1 amide bonds. The number of nitrogens with one attached hydrogen (secondary N) is 1. The molecule has 1 aliphatic carbocycles. The number of hydrogen-bond donors (Lipinski definition) is 1. The van der Waals surface area contributed by atoms with E-state index in [1.165, 1.54) is 12.1 Å². The maximum Gasteiger partial charge on any atom is 0.416 e. The lowest BCUT2D eigenvalue weighted by atomic mass is 9.85. The van der Waals surface area contributed by atoms with Crippen molar-refractivity contribution in [1.82, 2.24) is 14.5 Å². The number of carbonyl (C=O) groups is 1. The van der Waals surface area contributed by atoms with E-state index in [1.807, 2.05) is 4.90 Å². The number of nitrogens with zero attached hydrogens (tertiary/aromatic N) is 2. The van der Waals surface area contributed by atoms with Crippen LogP contribution in [-0.2, 0) is 26.7 Å². The number of alkyl halides is 3. The van der Waals surface area contributed by atoms with Gasteiger partial charge in [-0.2, -0.15) is 13.2 Å². The molecule has 0 unspecified atom stereocenters. The fraction of sp³-hybridized carbons (Fsp3) is 0.682. The molecule has 1 saturated carbocycles. The van der Waals surface area contributed by atoms with Crippen LogP contribution in [0.4, 0.5) is 13.2 Å². The molecule has 1 aliphatic heterocycles. The van der Waals surface area contributed by atoms with Crippen molar-refractivity contribution in [3.63, 3.8) is 0 Å². The lowest BCUT2D eigenvalue weighted by molar-refractivity contribution is -0.139. The van der Waals surface area contributed by atoms with Crippen LogP contribution in [0.1, 0.15) is 50.7 Å². The van der Waals surface area contributed by atoms with Gasteiger partial charge >= 0.3 is 6.18 Å². The van der Waals surface area contributed by atoms with Gasteiger partial charge in [-0.3, -0.25) is 9.69 Å². The van der Waals surface area contributed by atoms with E-state index < -0.39 is 21.8 Å². The van der Waals surface area contributed by atoms with Crippen LogP contribution in [0, 0.1) is 5.92 Å². The molecule has 1 aromatic rings. The van der Waals surface area contributed by atoms with Gasteiger partial charge in [-0.25, -0.2) is 13.1 Å². The molecule has 3 rings (SSSR count). The summed E-state index contributed by atoms with van der Waals surface area (Å²) in [6, 6.07) is 4.38. The van der Waals surface area contributed by atoms with Gasteiger partial charge in [0.25, 0.3) is 0 Å². The van der Waals surface area contributed by atoms with Gasteiger partial charge in [0.05, 0.1) is 11.3 Å². The molecule has 0 atom stereocenters. The first-order chi connectivity index (χ1) is 14.9. The van der Waals surface area contributed by atoms with Crippen LogP contribution in [0.2, 0.25) is 0 Å². The second-order valence-electron chi connectivity index (χ2n) is 9.08. The summed E-state index contributed by atoms with van der Waals surface area (Å²) in [5.41, 5.74) is -0.505. The Balaban J connectivity index is 1.46. The number of rotatable bonds is 6. The highest BCUT2D eigenvalue weighted by atomic mass is 32.2. The molecule has 2 fully saturated rings. The molecule has 0 spiro atoms. The molecular formula is C22H32F3N3O3S. The first-order valence-electron chi connectivity index (χ1n) is 11.1.